The summed E-state index contributed by atoms with van der Waals surface area (Å²) in [6, 6.07) is 33.8. The maximum absolute atomic E-state index is 2.64. The third-order valence-electron chi connectivity index (χ3n) is 5.26. The van der Waals surface area contributed by atoms with E-state index in [-0.39, 0.29) is 0 Å². The van der Waals surface area contributed by atoms with Crippen molar-refractivity contribution < 1.29 is 0 Å². The van der Waals surface area contributed by atoms with Gasteiger partial charge in [-0.1, -0.05) is 126 Å². The lowest BCUT2D eigenvalue weighted by atomic mass is 10.4. The third-order valence-corrected chi connectivity index (χ3v) is 31.4. The van der Waals surface area contributed by atoms with Crippen molar-refractivity contribution in [1.82, 2.24) is 0 Å². The van der Waals surface area contributed by atoms with E-state index in [1.54, 1.807) is 15.6 Å². The van der Waals surface area contributed by atoms with Crippen LogP contribution in [0.1, 0.15) is 0 Å². The molecule has 0 aliphatic carbocycles. The van der Waals surface area contributed by atoms with Crippen LogP contribution >= 0.6 is 0 Å². The molecule has 3 aromatic carbocycles. The van der Waals surface area contributed by atoms with Gasteiger partial charge >= 0.3 is 0 Å². The second-order valence-corrected chi connectivity index (χ2v) is 25.0. The molecule has 0 unspecified atom stereocenters. The van der Waals surface area contributed by atoms with Crippen molar-refractivity contribution in [2.24, 2.45) is 0 Å². The second-order valence-electron chi connectivity index (χ2n) is 6.47. The predicted molar refractivity (Wildman–Crippen MR) is 113 cm³/mol. The molecular weight excluding hydrogens is 336 g/mol. The molecule has 3 rings (SSSR count). The molecule has 0 nitrogen and oxygen atoms in total. The van der Waals surface area contributed by atoms with Gasteiger partial charge in [-0.2, -0.15) is 0 Å². The summed E-state index contributed by atoms with van der Waals surface area (Å²) in [5.41, 5.74) is 0. The van der Waals surface area contributed by atoms with E-state index in [0.717, 1.165) is 0 Å². The molecule has 24 heavy (non-hydrogen) atoms. The Morgan fingerprint density at radius 1 is 0.542 bits per heavy atom. The third kappa shape index (κ3) is 3.25. The Balaban J connectivity index is 2.11. The highest BCUT2D eigenvalue weighted by Crippen LogP contribution is 2.14. The first-order chi connectivity index (χ1) is 11.6. The fourth-order valence-electron chi connectivity index (χ4n) is 3.44. The Bertz CT molecular complexity index is 711. The van der Waals surface area contributed by atoms with E-state index < -0.39 is 23.7 Å². The zero-order valence-corrected chi connectivity index (χ0v) is 17.7. The molecule has 0 saturated heterocycles. The highest BCUT2D eigenvalue weighted by molar-refractivity contribution is 7.68. The van der Waals surface area contributed by atoms with Crippen LogP contribution in [0.5, 0.6) is 0 Å². The van der Waals surface area contributed by atoms with Crippen LogP contribution in [0.4, 0.5) is 0 Å². The minimum Gasteiger partial charge on any atom is -0.0688 e. The summed E-state index contributed by atoms with van der Waals surface area (Å²) in [5.74, 6) is 0. The summed E-state index contributed by atoms with van der Waals surface area (Å²) in [7, 11) is -2.85. The van der Waals surface area contributed by atoms with E-state index in [0.29, 0.717) is 0 Å². The molecule has 0 fully saturated rings. The van der Waals surface area contributed by atoms with Gasteiger partial charge < -0.3 is 0 Å². The molecule has 0 bridgehead atoms. The number of hydrogen-bond acceptors (Lipinski definition) is 0. The van der Waals surface area contributed by atoms with Crippen molar-refractivity contribution in [3.63, 3.8) is 0 Å². The van der Waals surface area contributed by atoms with Gasteiger partial charge in [0.05, 0.1) is 23.7 Å². The number of benzene rings is 3. The van der Waals surface area contributed by atoms with E-state index >= 15 is 0 Å². The van der Waals surface area contributed by atoms with E-state index in [1.807, 2.05) is 0 Å². The van der Waals surface area contributed by atoms with Gasteiger partial charge in [0.1, 0.15) is 0 Å². The van der Waals surface area contributed by atoms with Crippen molar-refractivity contribution in [2.75, 3.05) is 0 Å². The summed E-state index contributed by atoms with van der Waals surface area (Å²) < 4.78 is 0. The van der Waals surface area contributed by atoms with Crippen LogP contribution in [0.2, 0.25) is 19.6 Å². The number of hydrogen-bond donors (Lipinski definition) is 0. The molecule has 0 aromatic heterocycles. The van der Waals surface area contributed by atoms with Gasteiger partial charge in [0.2, 0.25) is 0 Å². The van der Waals surface area contributed by atoms with Gasteiger partial charge in [-0.05, 0) is 0 Å². The van der Waals surface area contributed by atoms with Crippen LogP contribution in [0.15, 0.2) is 91.0 Å². The monoisotopic (exact) mass is 360 g/mol. The zero-order valence-electron chi connectivity index (χ0n) is 14.7. The Labute approximate surface area is 150 Å². The maximum atomic E-state index is 2.64. The molecule has 0 N–H and O–H groups in total. The summed E-state index contributed by atoms with van der Waals surface area (Å²) in [4.78, 5) is 0. The normalized spacial score (nSPS) is 11.9. The summed E-state index contributed by atoms with van der Waals surface area (Å²) in [6.45, 7) is 7.75. The zero-order chi connectivity index (χ0) is 17.0. The van der Waals surface area contributed by atoms with E-state index in [4.69, 9.17) is 0 Å². The van der Waals surface area contributed by atoms with Gasteiger partial charge in [-0.25, -0.2) is 0 Å². The first kappa shape index (κ1) is 17.1. The second kappa shape index (κ2) is 7.47. The van der Waals surface area contributed by atoms with Crippen LogP contribution in [-0.2, 0) is 0 Å². The van der Waals surface area contributed by atoms with Crippen molar-refractivity contribution in [3.8, 4) is 0 Å². The van der Waals surface area contributed by atoms with E-state index in [1.165, 1.54) is 0 Å². The summed E-state index contributed by atoms with van der Waals surface area (Å²) >= 11 is 0. The molecule has 0 heterocycles. The largest absolute Gasteiger partial charge is 0.0773 e. The first-order valence-electron chi connectivity index (χ1n) is 8.48. The lowest BCUT2D eigenvalue weighted by Gasteiger charge is -2.38. The van der Waals surface area contributed by atoms with Gasteiger partial charge in [0.15, 0.2) is 0 Å². The van der Waals surface area contributed by atoms with Gasteiger partial charge in [-0.15, -0.1) is 0 Å². The molecular formula is C21H24Si3. The Kier molecular flexibility index (Phi) is 5.33. The fraction of sp³-hybridized carbons (Fsp3) is 0.143. The minimum absolute atomic E-state index is 0.618. The van der Waals surface area contributed by atoms with Crippen LogP contribution < -0.4 is 15.6 Å². The topological polar surface area (TPSA) is 0 Å². The van der Waals surface area contributed by atoms with Crippen molar-refractivity contribution >= 4 is 39.3 Å². The average molecular weight is 361 g/mol. The van der Waals surface area contributed by atoms with Gasteiger partial charge in [0, 0.05) is 0 Å². The SMILES string of the molecule is C[Si](c1ccccc1)[Si](C)(c1ccccc1)[Si](C)c1ccccc1. The van der Waals surface area contributed by atoms with Crippen LogP contribution in [-0.4, -0.2) is 23.7 Å². The molecule has 0 spiro atoms. The minimum atomic E-state index is -1.61. The molecule has 2 radical (unpaired) electrons. The Hall–Kier alpha value is -1.69. The van der Waals surface area contributed by atoms with Crippen LogP contribution in [0.3, 0.4) is 0 Å². The quantitative estimate of drug-likeness (QED) is 0.613. The van der Waals surface area contributed by atoms with Gasteiger partial charge in [0.25, 0.3) is 0 Å². The Morgan fingerprint density at radius 3 is 1.25 bits per heavy atom. The molecule has 120 valence electrons. The van der Waals surface area contributed by atoms with Crippen LogP contribution in [0, 0.1) is 0 Å². The molecule has 0 atom stereocenters. The van der Waals surface area contributed by atoms with E-state index in [9.17, 15) is 0 Å². The first-order valence-corrected chi connectivity index (χ1v) is 17.0. The summed E-state index contributed by atoms with van der Waals surface area (Å²) in [5, 5.41) is 4.80. The molecule has 0 aliphatic heterocycles. The lowest BCUT2D eigenvalue weighted by Crippen LogP contribution is -2.73. The highest BCUT2D eigenvalue weighted by atomic mass is 29.6. The van der Waals surface area contributed by atoms with E-state index in [2.05, 4.69) is 111 Å². The molecule has 0 aliphatic rings. The fourth-order valence-corrected chi connectivity index (χ4v) is 25.7. The molecule has 3 heteroatoms. The molecule has 0 saturated carbocycles. The lowest BCUT2D eigenvalue weighted by molar-refractivity contribution is 1.73. The average Bonchev–Trinajstić information content (AvgIpc) is 2.68. The molecule has 3 aromatic rings. The predicted octanol–water partition coefficient (Wildman–Crippen LogP) is 3.19. The highest BCUT2D eigenvalue weighted by Gasteiger charge is 2.44. The van der Waals surface area contributed by atoms with Crippen molar-refractivity contribution in [1.29, 1.82) is 0 Å². The van der Waals surface area contributed by atoms with Gasteiger partial charge in [-0.3, -0.25) is 0 Å². The van der Waals surface area contributed by atoms with Crippen molar-refractivity contribution in [2.45, 2.75) is 19.6 Å². The number of rotatable bonds is 5. The summed E-state index contributed by atoms with van der Waals surface area (Å²) in [6.07, 6.45) is 0. The standard InChI is InChI=1S/C21H24Si3/c1-22(19-13-7-4-8-14-19)24(3,21-17-11-6-12-18-21)23(2)20-15-9-5-10-16-20/h4-18H,1-3H3. The van der Waals surface area contributed by atoms with Crippen LogP contribution in [0.25, 0.3) is 0 Å². The Morgan fingerprint density at radius 2 is 0.875 bits per heavy atom. The maximum Gasteiger partial charge on any atom is 0.0773 e. The molecule has 0 amide bonds. The van der Waals surface area contributed by atoms with Crippen molar-refractivity contribution in [3.05, 3.63) is 91.0 Å². The smallest absolute Gasteiger partial charge is 0.0688 e.